The molecule has 4 N–H and O–H groups in total. The van der Waals surface area contributed by atoms with Crippen LogP contribution in [0.2, 0.25) is 0 Å². The standard InChI is InChI=1S/C7H10N4O4/c1-3-8-5(11-10-3)6(13)9-4(2-12)7(14)15/h4,12H,2H2,1H3,(H,9,13)(H,14,15)(H,8,10,11)/t4-/m1/s1. The molecule has 1 aromatic rings. The third-order valence-corrected chi connectivity index (χ3v) is 1.59. The quantitative estimate of drug-likeness (QED) is 0.472. The van der Waals surface area contributed by atoms with Crippen LogP contribution in [0.1, 0.15) is 16.4 Å². The van der Waals surface area contributed by atoms with Crippen LogP contribution in [0.15, 0.2) is 0 Å². The van der Waals surface area contributed by atoms with Gasteiger partial charge >= 0.3 is 5.97 Å². The van der Waals surface area contributed by atoms with Crippen LogP contribution in [0.4, 0.5) is 0 Å². The van der Waals surface area contributed by atoms with Gasteiger partial charge in [0.05, 0.1) is 6.61 Å². The number of aromatic amines is 1. The second-order valence-corrected chi connectivity index (χ2v) is 2.79. The number of carboxylic acid groups (broad SMARTS) is 1. The molecule has 0 aliphatic rings. The molecule has 0 aliphatic carbocycles. The van der Waals surface area contributed by atoms with Crippen LogP contribution < -0.4 is 5.32 Å². The number of aliphatic hydroxyl groups excluding tert-OH is 1. The monoisotopic (exact) mass is 214 g/mol. The normalized spacial score (nSPS) is 12.1. The first-order valence-corrected chi connectivity index (χ1v) is 4.08. The van der Waals surface area contributed by atoms with Crippen molar-refractivity contribution in [3.63, 3.8) is 0 Å². The number of amides is 1. The number of aliphatic hydroxyl groups is 1. The van der Waals surface area contributed by atoms with E-state index in [9.17, 15) is 9.59 Å². The van der Waals surface area contributed by atoms with Crippen LogP contribution in [-0.2, 0) is 4.79 Å². The van der Waals surface area contributed by atoms with Gasteiger partial charge in [-0.05, 0) is 6.92 Å². The van der Waals surface area contributed by atoms with E-state index in [1.165, 1.54) is 0 Å². The molecule has 0 aromatic carbocycles. The van der Waals surface area contributed by atoms with Crippen molar-refractivity contribution >= 4 is 11.9 Å². The molecule has 82 valence electrons. The Morgan fingerprint density at radius 3 is 2.67 bits per heavy atom. The van der Waals surface area contributed by atoms with E-state index in [4.69, 9.17) is 10.2 Å². The Morgan fingerprint density at radius 1 is 1.60 bits per heavy atom. The summed E-state index contributed by atoms with van der Waals surface area (Å²) in [5, 5.41) is 25.2. The lowest BCUT2D eigenvalue weighted by molar-refractivity contribution is -0.140. The minimum atomic E-state index is -1.35. The fourth-order valence-electron chi connectivity index (χ4n) is 0.853. The van der Waals surface area contributed by atoms with Gasteiger partial charge in [0, 0.05) is 0 Å². The molecular formula is C7H10N4O4. The molecule has 0 fully saturated rings. The maximum absolute atomic E-state index is 11.3. The molecule has 0 unspecified atom stereocenters. The summed E-state index contributed by atoms with van der Waals surface area (Å²) >= 11 is 0. The molecule has 0 saturated heterocycles. The average Bonchev–Trinajstić information content (AvgIpc) is 2.60. The molecule has 0 radical (unpaired) electrons. The Balaban J connectivity index is 2.66. The van der Waals surface area contributed by atoms with Gasteiger partial charge in [-0.25, -0.2) is 9.78 Å². The Labute approximate surface area is 84.3 Å². The smallest absolute Gasteiger partial charge is 0.328 e. The van der Waals surface area contributed by atoms with Gasteiger partial charge in [0.1, 0.15) is 5.82 Å². The zero-order chi connectivity index (χ0) is 11.4. The van der Waals surface area contributed by atoms with Crippen molar-refractivity contribution in [3.05, 3.63) is 11.6 Å². The van der Waals surface area contributed by atoms with Crippen molar-refractivity contribution in [2.24, 2.45) is 0 Å². The summed E-state index contributed by atoms with van der Waals surface area (Å²) in [5.74, 6) is -1.79. The first kappa shape index (κ1) is 11.1. The van der Waals surface area contributed by atoms with E-state index in [-0.39, 0.29) is 5.82 Å². The number of hydrogen-bond acceptors (Lipinski definition) is 5. The summed E-state index contributed by atoms with van der Waals surface area (Å²) in [6, 6.07) is -1.35. The number of H-pyrrole nitrogens is 1. The number of carbonyl (C=O) groups is 2. The lowest BCUT2D eigenvalue weighted by atomic mass is 10.3. The third kappa shape index (κ3) is 2.74. The highest BCUT2D eigenvalue weighted by atomic mass is 16.4. The number of carbonyl (C=O) groups excluding carboxylic acids is 1. The molecule has 0 saturated carbocycles. The van der Waals surface area contributed by atoms with Crippen LogP contribution in [0.5, 0.6) is 0 Å². The van der Waals surface area contributed by atoms with Crippen LogP contribution in [-0.4, -0.2) is 49.9 Å². The lowest BCUT2D eigenvalue weighted by Gasteiger charge is -2.09. The molecule has 8 heteroatoms. The second kappa shape index (κ2) is 4.51. The summed E-state index contributed by atoms with van der Waals surface area (Å²) in [5.41, 5.74) is 0. The Kier molecular flexibility index (Phi) is 3.34. The van der Waals surface area contributed by atoms with Crippen LogP contribution in [0, 0.1) is 6.92 Å². The zero-order valence-corrected chi connectivity index (χ0v) is 7.89. The number of aryl methyl sites for hydroxylation is 1. The first-order valence-electron chi connectivity index (χ1n) is 4.08. The van der Waals surface area contributed by atoms with Crippen molar-refractivity contribution in [2.45, 2.75) is 13.0 Å². The van der Waals surface area contributed by atoms with Crippen LogP contribution in [0.25, 0.3) is 0 Å². The Hall–Kier alpha value is -1.96. The second-order valence-electron chi connectivity index (χ2n) is 2.79. The van der Waals surface area contributed by atoms with Gasteiger partial charge in [-0.15, -0.1) is 5.10 Å². The van der Waals surface area contributed by atoms with Crippen molar-refractivity contribution in [3.8, 4) is 0 Å². The van der Waals surface area contributed by atoms with Crippen molar-refractivity contribution in [1.82, 2.24) is 20.5 Å². The number of nitrogens with zero attached hydrogens (tertiary/aromatic N) is 2. The van der Waals surface area contributed by atoms with Gasteiger partial charge in [-0.1, -0.05) is 0 Å². The van der Waals surface area contributed by atoms with E-state index < -0.39 is 24.5 Å². The van der Waals surface area contributed by atoms with Gasteiger partial charge < -0.3 is 15.5 Å². The summed E-state index contributed by atoms with van der Waals surface area (Å²) in [6.45, 7) is 0.912. The number of rotatable bonds is 4. The van der Waals surface area contributed by atoms with Crippen molar-refractivity contribution < 1.29 is 19.8 Å². The van der Waals surface area contributed by atoms with E-state index in [1.54, 1.807) is 6.92 Å². The minimum absolute atomic E-state index is 0.160. The van der Waals surface area contributed by atoms with E-state index >= 15 is 0 Å². The zero-order valence-electron chi connectivity index (χ0n) is 7.89. The highest BCUT2D eigenvalue weighted by molar-refractivity contribution is 5.93. The molecular weight excluding hydrogens is 204 g/mol. The number of nitrogens with one attached hydrogen (secondary N) is 2. The first-order chi connectivity index (χ1) is 7.04. The molecule has 1 aromatic heterocycles. The van der Waals surface area contributed by atoms with Crippen LogP contribution in [0.3, 0.4) is 0 Å². The maximum Gasteiger partial charge on any atom is 0.328 e. The molecule has 8 nitrogen and oxygen atoms in total. The van der Waals surface area contributed by atoms with Crippen molar-refractivity contribution in [2.75, 3.05) is 6.61 Å². The van der Waals surface area contributed by atoms with Gasteiger partial charge in [0.2, 0.25) is 5.82 Å². The molecule has 1 amide bonds. The summed E-state index contributed by atoms with van der Waals surface area (Å²) in [7, 11) is 0. The number of hydrogen-bond donors (Lipinski definition) is 4. The molecule has 0 bridgehead atoms. The van der Waals surface area contributed by atoms with E-state index in [1.807, 2.05) is 0 Å². The van der Waals surface area contributed by atoms with Gasteiger partial charge in [-0.2, -0.15) is 0 Å². The van der Waals surface area contributed by atoms with Gasteiger partial charge in [0.15, 0.2) is 6.04 Å². The third-order valence-electron chi connectivity index (χ3n) is 1.59. The fourth-order valence-corrected chi connectivity index (χ4v) is 0.853. The molecule has 1 heterocycles. The number of carboxylic acids is 1. The van der Waals surface area contributed by atoms with Crippen molar-refractivity contribution in [1.29, 1.82) is 0 Å². The summed E-state index contributed by atoms with van der Waals surface area (Å²) in [6.07, 6.45) is 0. The lowest BCUT2D eigenvalue weighted by Crippen LogP contribution is -2.43. The summed E-state index contributed by atoms with van der Waals surface area (Å²) < 4.78 is 0. The minimum Gasteiger partial charge on any atom is -0.480 e. The Bertz CT molecular complexity index is 375. The molecule has 0 spiro atoms. The van der Waals surface area contributed by atoms with E-state index in [0.29, 0.717) is 5.82 Å². The maximum atomic E-state index is 11.3. The Morgan fingerprint density at radius 2 is 2.27 bits per heavy atom. The highest BCUT2D eigenvalue weighted by Crippen LogP contribution is 1.92. The number of aromatic nitrogens is 3. The van der Waals surface area contributed by atoms with E-state index in [2.05, 4.69) is 20.5 Å². The van der Waals surface area contributed by atoms with Gasteiger partial charge in [-0.3, -0.25) is 9.89 Å². The largest absolute Gasteiger partial charge is 0.480 e. The SMILES string of the molecule is Cc1nc(C(=O)N[C@H](CO)C(=O)O)n[nH]1. The van der Waals surface area contributed by atoms with Gasteiger partial charge in [0.25, 0.3) is 5.91 Å². The molecule has 15 heavy (non-hydrogen) atoms. The molecule has 1 rings (SSSR count). The molecule has 0 aliphatic heterocycles. The molecule has 1 atom stereocenters. The average molecular weight is 214 g/mol. The van der Waals surface area contributed by atoms with E-state index in [0.717, 1.165) is 0 Å². The number of aliphatic carboxylic acids is 1. The summed E-state index contributed by atoms with van der Waals surface area (Å²) in [4.78, 5) is 25.5. The predicted molar refractivity (Wildman–Crippen MR) is 47.1 cm³/mol. The van der Waals surface area contributed by atoms with Crippen LogP contribution >= 0.6 is 0 Å². The topological polar surface area (TPSA) is 128 Å². The fraction of sp³-hybridized carbons (Fsp3) is 0.429. The predicted octanol–water partition coefficient (Wildman–Crippen LogP) is -1.71. The highest BCUT2D eigenvalue weighted by Gasteiger charge is 2.21.